The molecular formula is C29H36N6O2. The fraction of sp³-hybridized carbons (Fsp3) is 0.483. The van der Waals surface area contributed by atoms with Crippen LogP contribution in [0, 0.1) is 5.92 Å². The van der Waals surface area contributed by atoms with Crippen molar-refractivity contribution >= 4 is 39.8 Å². The summed E-state index contributed by atoms with van der Waals surface area (Å²) >= 11 is 0. The minimum Gasteiger partial charge on any atom is -0.381 e. The number of para-hydroxylation sites is 1. The molecule has 2 heterocycles. The number of hydrogen-bond acceptors (Lipinski definition) is 7. The molecule has 0 spiro atoms. The Kier molecular flexibility index (Phi) is 6.93. The number of aromatic nitrogens is 2. The lowest BCUT2D eigenvalue weighted by atomic mass is 9.86. The molecule has 3 aromatic rings. The van der Waals surface area contributed by atoms with Crippen LogP contribution < -0.4 is 15.5 Å². The fourth-order valence-corrected chi connectivity index (χ4v) is 5.68. The van der Waals surface area contributed by atoms with Crippen molar-refractivity contribution in [3.05, 3.63) is 48.7 Å². The van der Waals surface area contributed by atoms with Gasteiger partial charge in [-0.2, -0.15) is 0 Å². The average molecular weight is 501 g/mol. The maximum absolute atomic E-state index is 13.0. The summed E-state index contributed by atoms with van der Waals surface area (Å²) in [7, 11) is 1.75. The lowest BCUT2D eigenvalue weighted by Crippen LogP contribution is -2.47. The van der Waals surface area contributed by atoms with E-state index < -0.39 is 0 Å². The van der Waals surface area contributed by atoms with Gasteiger partial charge in [0.1, 0.15) is 0 Å². The normalized spacial score (nSPS) is 22.7. The van der Waals surface area contributed by atoms with E-state index in [1.54, 1.807) is 13.3 Å². The Balaban J connectivity index is 1.11. The molecular weight excluding hydrogens is 464 g/mol. The maximum Gasteiger partial charge on any atom is 0.227 e. The second kappa shape index (κ2) is 10.6. The van der Waals surface area contributed by atoms with Crippen LogP contribution in [0.1, 0.15) is 38.5 Å². The largest absolute Gasteiger partial charge is 0.381 e. The molecule has 0 bridgehead atoms. The van der Waals surface area contributed by atoms with Gasteiger partial charge in [-0.3, -0.25) is 9.69 Å². The molecule has 194 valence electrons. The van der Waals surface area contributed by atoms with Crippen LogP contribution >= 0.6 is 0 Å². The number of fused-ring (bicyclic) bond motifs is 1. The third kappa shape index (κ3) is 5.55. The third-order valence-electron chi connectivity index (χ3n) is 8.11. The van der Waals surface area contributed by atoms with E-state index in [1.807, 2.05) is 18.2 Å². The maximum atomic E-state index is 13.0. The van der Waals surface area contributed by atoms with Crippen molar-refractivity contribution in [3.8, 4) is 0 Å². The summed E-state index contributed by atoms with van der Waals surface area (Å²) in [5.74, 6) is 0.584. The summed E-state index contributed by atoms with van der Waals surface area (Å²) < 4.78 is 5.45. The number of methoxy groups -OCH3 is 1. The first-order valence-corrected chi connectivity index (χ1v) is 13.6. The van der Waals surface area contributed by atoms with Crippen molar-refractivity contribution in [2.75, 3.05) is 48.8 Å². The van der Waals surface area contributed by atoms with Crippen LogP contribution in [-0.2, 0) is 9.53 Å². The molecule has 2 aliphatic carbocycles. The van der Waals surface area contributed by atoms with Crippen LogP contribution in [0.4, 0.5) is 23.0 Å². The number of nitrogens with one attached hydrogen (secondary N) is 2. The summed E-state index contributed by atoms with van der Waals surface area (Å²) in [4.78, 5) is 27.3. The minimum atomic E-state index is 0.0105. The van der Waals surface area contributed by atoms with Gasteiger partial charge in [-0.25, -0.2) is 9.97 Å². The topological polar surface area (TPSA) is 82.6 Å². The van der Waals surface area contributed by atoms with Crippen molar-refractivity contribution in [2.24, 2.45) is 5.92 Å². The van der Waals surface area contributed by atoms with Crippen LogP contribution in [-0.4, -0.2) is 66.2 Å². The summed E-state index contributed by atoms with van der Waals surface area (Å²) in [5, 5.41) is 7.36. The van der Waals surface area contributed by atoms with Gasteiger partial charge in [-0.15, -0.1) is 0 Å². The lowest BCUT2D eigenvalue weighted by Gasteiger charge is -2.36. The van der Waals surface area contributed by atoms with Crippen LogP contribution in [0.5, 0.6) is 0 Å². The molecule has 2 N–H and O–H groups in total. The Morgan fingerprint density at radius 1 is 0.946 bits per heavy atom. The number of piperazine rings is 1. The van der Waals surface area contributed by atoms with Gasteiger partial charge in [0.2, 0.25) is 11.9 Å². The van der Waals surface area contributed by atoms with Crippen LogP contribution in [0.25, 0.3) is 10.9 Å². The summed E-state index contributed by atoms with van der Waals surface area (Å²) in [5.41, 5.74) is 3.66. The summed E-state index contributed by atoms with van der Waals surface area (Å²) in [6.07, 6.45) is 8.38. The molecule has 1 aliphatic heterocycles. The van der Waals surface area contributed by atoms with Crippen molar-refractivity contribution < 1.29 is 9.53 Å². The summed E-state index contributed by atoms with van der Waals surface area (Å²) in [6.45, 7) is 4.48. The Hall–Kier alpha value is -3.23. The van der Waals surface area contributed by atoms with E-state index in [0.717, 1.165) is 80.2 Å². The molecule has 8 nitrogen and oxygen atoms in total. The first-order chi connectivity index (χ1) is 18.2. The molecule has 2 aromatic carbocycles. The van der Waals surface area contributed by atoms with Gasteiger partial charge >= 0.3 is 0 Å². The van der Waals surface area contributed by atoms with Gasteiger partial charge in [0, 0.05) is 68.2 Å². The molecule has 1 amide bonds. The molecule has 0 radical (unpaired) electrons. The number of nitrogens with zero attached hydrogens (tertiary/aromatic N) is 4. The zero-order valence-electron chi connectivity index (χ0n) is 21.5. The molecule has 0 atom stereocenters. The van der Waals surface area contributed by atoms with E-state index in [4.69, 9.17) is 9.72 Å². The van der Waals surface area contributed by atoms with Gasteiger partial charge in [0.25, 0.3) is 0 Å². The molecule has 8 heteroatoms. The zero-order valence-corrected chi connectivity index (χ0v) is 21.5. The number of amides is 1. The molecule has 6 rings (SSSR count). The van der Waals surface area contributed by atoms with E-state index in [2.05, 4.69) is 49.7 Å². The zero-order chi connectivity index (χ0) is 25.2. The Labute approximate surface area is 218 Å². The average Bonchev–Trinajstić information content (AvgIpc) is 3.80. The van der Waals surface area contributed by atoms with Gasteiger partial charge in [0.05, 0.1) is 17.3 Å². The number of benzene rings is 2. The number of carbonyl (C=O) groups is 1. The van der Waals surface area contributed by atoms with E-state index in [0.29, 0.717) is 5.95 Å². The first-order valence-electron chi connectivity index (χ1n) is 13.6. The Morgan fingerprint density at radius 3 is 2.41 bits per heavy atom. The van der Waals surface area contributed by atoms with E-state index in [1.165, 1.54) is 18.5 Å². The minimum absolute atomic E-state index is 0.0105. The molecule has 1 saturated heterocycles. The van der Waals surface area contributed by atoms with E-state index in [-0.39, 0.29) is 17.9 Å². The number of ether oxygens (including phenoxy) is 1. The SMILES string of the molecule is COC1CCC(C(=O)Nc2cccc3cnc(Nc4ccc(N5CCN(C6CC6)CC5)cc4)nc23)CC1. The predicted molar refractivity (Wildman–Crippen MR) is 147 cm³/mol. The molecule has 3 fully saturated rings. The highest BCUT2D eigenvalue weighted by Gasteiger charge is 2.31. The van der Waals surface area contributed by atoms with Crippen LogP contribution in [0.15, 0.2) is 48.7 Å². The number of anilines is 4. The second-order valence-corrected chi connectivity index (χ2v) is 10.6. The van der Waals surface area contributed by atoms with Crippen molar-refractivity contribution in [2.45, 2.75) is 50.7 Å². The van der Waals surface area contributed by atoms with Crippen LogP contribution in [0.3, 0.4) is 0 Å². The predicted octanol–water partition coefficient (Wildman–Crippen LogP) is 4.80. The monoisotopic (exact) mass is 500 g/mol. The number of rotatable bonds is 7. The lowest BCUT2D eigenvalue weighted by molar-refractivity contribution is -0.121. The Morgan fingerprint density at radius 2 is 1.70 bits per heavy atom. The van der Waals surface area contributed by atoms with Gasteiger partial charge in [-0.05, 0) is 68.9 Å². The molecule has 0 unspecified atom stereocenters. The molecule has 2 saturated carbocycles. The van der Waals surface area contributed by atoms with Gasteiger partial charge in [-0.1, -0.05) is 12.1 Å². The van der Waals surface area contributed by atoms with Gasteiger partial charge < -0.3 is 20.3 Å². The van der Waals surface area contributed by atoms with Crippen molar-refractivity contribution in [1.82, 2.24) is 14.9 Å². The third-order valence-corrected chi connectivity index (χ3v) is 8.11. The quantitative estimate of drug-likeness (QED) is 0.482. The second-order valence-electron chi connectivity index (χ2n) is 10.6. The highest BCUT2D eigenvalue weighted by atomic mass is 16.5. The first kappa shape index (κ1) is 24.1. The fourth-order valence-electron chi connectivity index (χ4n) is 5.68. The van der Waals surface area contributed by atoms with Gasteiger partial charge in [0.15, 0.2) is 0 Å². The highest BCUT2D eigenvalue weighted by molar-refractivity contribution is 6.01. The molecule has 1 aromatic heterocycles. The van der Waals surface area contributed by atoms with Crippen molar-refractivity contribution in [1.29, 1.82) is 0 Å². The standard InChI is InChI=1S/C29H36N6O2/c1-37-25-13-5-20(6-14-25)28(36)32-26-4-2-3-21-19-30-29(33-27(21)26)31-22-7-9-23(10-8-22)34-15-17-35(18-16-34)24-11-12-24/h2-4,7-10,19-20,24-25H,5-6,11-18H2,1H3,(H,32,36)(H,30,31,33). The Bertz CT molecular complexity index is 1230. The van der Waals surface area contributed by atoms with E-state index >= 15 is 0 Å². The molecule has 37 heavy (non-hydrogen) atoms. The van der Waals surface area contributed by atoms with E-state index in [9.17, 15) is 4.79 Å². The molecule has 3 aliphatic rings. The number of carbonyl (C=O) groups excluding carboxylic acids is 1. The summed E-state index contributed by atoms with van der Waals surface area (Å²) in [6, 6.07) is 15.2. The number of hydrogen-bond donors (Lipinski definition) is 2. The van der Waals surface area contributed by atoms with Crippen LogP contribution in [0.2, 0.25) is 0 Å². The highest BCUT2D eigenvalue weighted by Crippen LogP contribution is 2.30. The van der Waals surface area contributed by atoms with Crippen molar-refractivity contribution in [3.63, 3.8) is 0 Å². The smallest absolute Gasteiger partial charge is 0.227 e.